The Kier molecular flexibility index (Phi) is 2.69. The first-order valence-corrected chi connectivity index (χ1v) is 3.69. The minimum absolute atomic E-state index is 0.384. The average Bonchev–Trinajstić information content (AvgIpc) is 2.18. The van der Waals surface area contributed by atoms with Gasteiger partial charge in [0.15, 0.2) is 0 Å². The summed E-state index contributed by atoms with van der Waals surface area (Å²) in [6.45, 7) is 0. The van der Waals surface area contributed by atoms with Crippen LogP contribution in [0.3, 0.4) is 0 Å². The summed E-state index contributed by atoms with van der Waals surface area (Å²) in [6, 6.07) is 9.04. The Bertz CT molecular complexity index is 439. The van der Waals surface area contributed by atoms with E-state index in [1.807, 2.05) is 12.1 Å². The van der Waals surface area contributed by atoms with Crippen LogP contribution in [0.4, 0.5) is 0 Å². The quantitative estimate of drug-likeness (QED) is 0.595. The average molecular weight is 166 g/mol. The maximum Gasteiger partial charge on any atom is 0.101 e. The molecule has 60 valence electrons. The Morgan fingerprint density at radius 3 is 2.54 bits per heavy atom. The summed E-state index contributed by atoms with van der Waals surface area (Å²) in [6.07, 6.45) is 5.52. The Morgan fingerprint density at radius 1 is 1.23 bits per heavy atom. The van der Waals surface area contributed by atoms with Gasteiger partial charge in [0.05, 0.1) is 11.1 Å². The van der Waals surface area contributed by atoms with E-state index in [9.17, 15) is 0 Å². The van der Waals surface area contributed by atoms with Crippen molar-refractivity contribution in [2.24, 2.45) is 0 Å². The first-order valence-electron chi connectivity index (χ1n) is 3.69. The normalized spacial score (nSPS) is 8.08. The maximum absolute atomic E-state index is 8.79. The molecule has 0 aliphatic carbocycles. The lowest BCUT2D eigenvalue weighted by atomic mass is 10.0. The van der Waals surface area contributed by atoms with Gasteiger partial charge in [-0.25, -0.2) is 0 Å². The van der Waals surface area contributed by atoms with E-state index in [1.54, 1.807) is 18.2 Å². The summed E-state index contributed by atoms with van der Waals surface area (Å²) < 4.78 is 0. The van der Waals surface area contributed by atoms with Gasteiger partial charge in [-0.15, -0.1) is 12.3 Å². The van der Waals surface area contributed by atoms with E-state index in [0.717, 1.165) is 5.56 Å². The molecule has 0 bridgehead atoms. The molecule has 0 amide bonds. The second-order valence-electron chi connectivity index (χ2n) is 2.44. The molecule has 0 aliphatic rings. The monoisotopic (exact) mass is 166 g/mol. The minimum Gasteiger partial charge on any atom is -0.192 e. The molecule has 0 saturated heterocycles. The van der Waals surface area contributed by atoms with Gasteiger partial charge in [-0.2, -0.15) is 10.5 Å². The van der Waals surface area contributed by atoms with Crippen molar-refractivity contribution >= 4 is 0 Å². The van der Waals surface area contributed by atoms with Crippen molar-refractivity contribution < 1.29 is 0 Å². The molecule has 1 aromatic rings. The van der Waals surface area contributed by atoms with Crippen molar-refractivity contribution in [1.82, 2.24) is 0 Å². The molecule has 2 nitrogen and oxygen atoms in total. The summed E-state index contributed by atoms with van der Waals surface area (Å²) in [5, 5.41) is 17.5. The molecule has 0 atom stereocenters. The lowest BCUT2D eigenvalue weighted by Crippen LogP contribution is -1.91. The van der Waals surface area contributed by atoms with Gasteiger partial charge in [0.1, 0.15) is 12.1 Å². The first-order chi connectivity index (χ1) is 6.33. The van der Waals surface area contributed by atoms with Crippen molar-refractivity contribution in [3.05, 3.63) is 34.9 Å². The van der Waals surface area contributed by atoms with E-state index in [4.69, 9.17) is 16.9 Å². The maximum atomic E-state index is 8.79. The third-order valence-electron chi connectivity index (χ3n) is 1.68. The Balaban J connectivity index is 3.33. The standard InChI is InChI=1S/C11H6N2/c1-2-4-9-5-3-6-10(7-12)11(9)8-13/h1,3,5-6H,4H2. The molecule has 0 heterocycles. The summed E-state index contributed by atoms with van der Waals surface area (Å²) in [5.74, 6) is 2.45. The highest BCUT2D eigenvalue weighted by molar-refractivity contribution is 5.51. The SMILES string of the molecule is C#CCc1cccc(C#N)c1C#N. The van der Waals surface area contributed by atoms with Gasteiger partial charge in [0, 0.05) is 6.42 Å². The fourth-order valence-corrected chi connectivity index (χ4v) is 1.08. The van der Waals surface area contributed by atoms with Gasteiger partial charge in [0.2, 0.25) is 0 Å². The molecule has 0 spiro atoms. The summed E-state index contributed by atoms with van der Waals surface area (Å²) in [5.41, 5.74) is 1.52. The number of rotatable bonds is 1. The molecule has 13 heavy (non-hydrogen) atoms. The van der Waals surface area contributed by atoms with Crippen LogP contribution in [0.5, 0.6) is 0 Å². The molecule has 0 aromatic heterocycles. The fourth-order valence-electron chi connectivity index (χ4n) is 1.08. The molecule has 0 radical (unpaired) electrons. The van der Waals surface area contributed by atoms with Crippen molar-refractivity contribution in [2.75, 3.05) is 0 Å². The molecule has 0 aliphatic heterocycles. The Labute approximate surface area is 77.0 Å². The van der Waals surface area contributed by atoms with Crippen LogP contribution in [0, 0.1) is 35.0 Å². The smallest absolute Gasteiger partial charge is 0.101 e. The van der Waals surface area contributed by atoms with Crippen LogP contribution in [-0.2, 0) is 6.42 Å². The fraction of sp³-hybridized carbons (Fsp3) is 0.0909. The highest BCUT2D eigenvalue weighted by atomic mass is 14.3. The number of nitriles is 2. The van der Waals surface area contributed by atoms with Gasteiger partial charge >= 0.3 is 0 Å². The summed E-state index contributed by atoms with van der Waals surface area (Å²) in [4.78, 5) is 0. The van der Waals surface area contributed by atoms with Gasteiger partial charge in [-0.1, -0.05) is 12.1 Å². The molecule has 0 N–H and O–H groups in total. The van der Waals surface area contributed by atoms with Crippen LogP contribution in [0.15, 0.2) is 18.2 Å². The van der Waals surface area contributed by atoms with Gasteiger partial charge in [-0.05, 0) is 11.6 Å². The van der Waals surface area contributed by atoms with Crippen molar-refractivity contribution in [1.29, 1.82) is 10.5 Å². The third kappa shape index (κ3) is 1.67. The topological polar surface area (TPSA) is 47.6 Å². The molecule has 2 heteroatoms. The zero-order chi connectivity index (χ0) is 9.68. The van der Waals surface area contributed by atoms with E-state index in [0.29, 0.717) is 17.5 Å². The second-order valence-corrected chi connectivity index (χ2v) is 2.44. The van der Waals surface area contributed by atoms with E-state index in [2.05, 4.69) is 5.92 Å². The predicted molar refractivity (Wildman–Crippen MR) is 48.4 cm³/mol. The third-order valence-corrected chi connectivity index (χ3v) is 1.68. The van der Waals surface area contributed by atoms with Crippen LogP contribution in [0.25, 0.3) is 0 Å². The van der Waals surface area contributed by atoms with Gasteiger partial charge < -0.3 is 0 Å². The van der Waals surface area contributed by atoms with Crippen LogP contribution in [-0.4, -0.2) is 0 Å². The van der Waals surface area contributed by atoms with Crippen LogP contribution >= 0.6 is 0 Å². The number of nitrogens with zero attached hydrogens (tertiary/aromatic N) is 2. The number of hydrogen-bond donors (Lipinski definition) is 0. The molecule has 0 unspecified atom stereocenters. The Morgan fingerprint density at radius 2 is 2.00 bits per heavy atom. The Hall–Kier alpha value is -2.24. The zero-order valence-corrected chi connectivity index (χ0v) is 6.91. The molecule has 1 aromatic carbocycles. The van der Waals surface area contributed by atoms with Crippen molar-refractivity contribution in [2.45, 2.75) is 6.42 Å². The molecular weight excluding hydrogens is 160 g/mol. The van der Waals surface area contributed by atoms with Gasteiger partial charge in [-0.3, -0.25) is 0 Å². The lowest BCUT2D eigenvalue weighted by molar-refractivity contribution is 1.27. The first kappa shape index (κ1) is 8.85. The summed E-state index contributed by atoms with van der Waals surface area (Å²) >= 11 is 0. The molecule has 0 saturated carbocycles. The summed E-state index contributed by atoms with van der Waals surface area (Å²) in [7, 11) is 0. The number of hydrogen-bond acceptors (Lipinski definition) is 2. The lowest BCUT2D eigenvalue weighted by Gasteiger charge is -1.99. The predicted octanol–water partition coefficient (Wildman–Crippen LogP) is 1.61. The largest absolute Gasteiger partial charge is 0.192 e. The molecular formula is C11H6N2. The molecule has 0 fully saturated rings. The highest BCUT2D eigenvalue weighted by Gasteiger charge is 2.05. The van der Waals surface area contributed by atoms with Gasteiger partial charge in [0.25, 0.3) is 0 Å². The molecule has 1 rings (SSSR count). The van der Waals surface area contributed by atoms with E-state index >= 15 is 0 Å². The van der Waals surface area contributed by atoms with E-state index in [-0.39, 0.29) is 0 Å². The van der Waals surface area contributed by atoms with Crippen LogP contribution in [0.2, 0.25) is 0 Å². The minimum atomic E-state index is 0.384. The van der Waals surface area contributed by atoms with Crippen molar-refractivity contribution in [3.63, 3.8) is 0 Å². The number of terminal acetylenes is 1. The number of benzene rings is 1. The van der Waals surface area contributed by atoms with Crippen LogP contribution < -0.4 is 0 Å². The van der Waals surface area contributed by atoms with E-state index < -0.39 is 0 Å². The second kappa shape index (κ2) is 3.96. The highest BCUT2D eigenvalue weighted by Crippen LogP contribution is 2.13. The van der Waals surface area contributed by atoms with Crippen LogP contribution in [0.1, 0.15) is 16.7 Å². The van der Waals surface area contributed by atoms with E-state index in [1.165, 1.54) is 0 Å². The van der Waals surface area contributed by atoms with Crippen molar-refractivity contribution in [3.8, 4) is 24.5 Å². The zero-order valence-electron chi connectivity index (χ0n) is 6.91.